The maximum absolute atomic E-state index is 13.2. The Morgan fingerprint density at radius 1 is 1.50 bits per heavy atom. The maximum Gasteiger partial charge on any atom is 0.162 e. The predicted molar refractivity (Wildman–Crippen MR) is 48.3 cm³/mol. The van der Waals surface area contributed by atoms with Gasteiger partial charge in [-0.05, 0) is 19.1 Å². The number of hydrogen-bond acceptors (Lipinski definition) is 3. The van der Waals surface area contributed by atoms with Crippen molar-refractivity contribution in [2.45, 2.75) is 6.92 Å². The molecule has 0 atom stereocenters. The molecular formula is C10H9FO3. The number of methoxy groups -OCH3 is 1. The Morgan fingerprint density at radius 3 is 2.57 bits per heavy atom. The van der Waals surface area contributed by atoms with Crippen LogP contribution in [-0.4, -0.2) is 19.2 Å². The van der Waals surface area contributed by atoms with E-state index < -0.39 is 11.6 Å². The van der Waals surface area contributed by atoms with Crippen LogP contribution in [0.4, 0.5) is 4.39 Å². The second-order valence-corrected chi connectivity index (χ2v) is 2.75. The molecule has 0 aliphatic carbocycles. The molecule has 14 heavy (non-hydrogen) atoms. The summed E-state index contributed by atoms with van der Waals surface area (Å²) in [5.41, 5.74) is 0.0162. The molecule has 0 radical (unpaired) electrons. The molecule has 1 aromatic rings. The predicted octanol–water partition coefficient (Wildman–Crippen LogP) is 1.85. The van der Waals surface area contributed by atoms with Crippen LogP contribution in [0, 0.1) is 5.82 Å². The molecule has 0 fully saturated rings. The van der Waals surface area contributed by atoms with Crippen LogP contribution in [0.25, 0.3) is 0 Å². The lowest BCUT2D eigenvalue weighted by atomic mass is 10.1. The van der Waals surface area contributed by atoms with Gasteiger partial charge in [-0.3, -0.25) is 9.59 Å². The van der Waals surface area contributed by atoms with Crippen molar-refractivity contribution in [3.05, 3.63) is 29.1 Å². The van der Waals surface area contributed by atoms with Crippen LogP contribution < -0.4 is 4.74 Å². The number of ether oxygens (including phenoxy) is 1. The highest BCUT2D eigenvalue weighted by atomic mass is 19.1. The van der Waals surface area contributed by atoms with E-state index in [0.717, 1.165) is 6.07 Å². The first-order chi connectivity index (χ1) is 6.60. The highest BCUT2D eigenvalue weighted by molar-refractivity contribution is 5.96. The summed E-state index contributed by atoms with van der Waals surface area (Å²) in [6, 6.07) is 2.21. The normalized spacial score (nSPS) is 9.64. The average molecular weight is 196 g/mol. The van der Waals surface area contributed by atoms with Crippen molar-refractivity contribution in [3.63, 3.8) is 0 Å². The lowest BCUT2D eigenvalue weighted by molar-refractivity contribution is 0.101. The first kappa shape index (κ1) is 10.4. The lowest BCUT2D eigenvalue weighted by Gasteiger charge is -2.05. The zero-order chi connectivity index (χ0) is 10.7. The molecule has 0 spiro atoms. The van der Waals surface area contributed by atoms with Crippen LogP contribution in [-0.2, 0) is 0 Å². The van der Waals surface area contributed by atoms with Crippen molar-refractivity contribution in [1.29, 1.82) is 0 Å². The molecule has 0 saturated heterocycles. The fourth-order valence-corrected chi connectivity index (χ4v) is 1.11. The van der Waals surface area contributed by atoms with Gasteiger partial charge in [0, 0.05) is 0 Å². The minimum absolute atomic E-state index is 0.0764. The van der Waals surface area contributed by atoms with Crippen LogP contribution in [0.1, 0.15) is 27.6 Å². The van der Waals surface area contributed by atoms with Crippen LogP contribution in [0.3, 0.4) is 0 Å². The van der Waals surface area contributed by atoms with E-state index in [-0.39, 0.29) is 16.9 Å². The van der Waals surface area contributed by atoms with Crippen LogP contribution in [0.15, 0.2) is 12.1 Å². The van der Waals surface area contributed by atoms with Gasteiger partial charge in [0.05, 0.1) is 18.2 Å². The molecule has 0 aromatic heterocycles. The highest BCUT2D eigenvalue weighted by Crippen LogP contribution is 2.21. The molecular weight excluding hydrogens is 187 g/mol. The third-order valence-electron chi connectivity index (χ3n) is 1.83. The molecule has 0 aliphatic rings. The van der Waals surface area contributed by atoms with Gasteiger partial charge in [0.25, 0.3) is 0 Å². The van der Waals surface area contributed by atoms with E-state index in [4.69, 9.17) is 4.74 Å². The summed E-state index contributed by atoms with van der Waals surface area (Å²) >= 11 is 0. The Morgan fingerprint density at radius 2 is 2.14 bits per heavy atom. The molecule has 1 rings (SSSR count). The lowest BCUT2D eigenvalue weighted by Crippen LogP contribution is -2.01. The molecule has 0 amide bonds. The number of carbonyl (C=O) groups is 2. The molecule has 0 unspecified atom stereocenters. The number of aldehydes is 1. The Kier molecular flexibility index (Phi) is 2.96. The van der Waals surface area contributed by atoms with Gasteiger partial charge >= 0.3 is 0 Å². The van der Waals surface area contributed by atoms with Gasteiger partial charge in [0.1, 0.15) is 11.6 Å². The number of hydrogen-bond donors (Lipinski definition) is 0. The standard InChI is InChI=1S/C10H9FO3/c1-6(13)8-4-10(14-2)7(5-12)3-9(8)11/h3-5H,1-2H3. The summed E-state index contributed by atoms with van der Waals surface area (Å²) in [5, 5.41) is 0. The summed E-state index contributed by atoms with van der Waals surface area (Å²) in [4.78, 5) is 21.4. The first-order valence-corrected chi connectivity index (χ1v) is 3.93. The number of carbonyl (C=O) groups excluding carboxylic acids is 2. The molecule has 1 aromatic carbocycles. The monoisotopic (exact) mass is 196 g/mol. The SMILES string of the molecule is COc1cc(C(C)=O)c(F)cc1C=O. The Hall–Kier alpha value is -1.71. The fraction of sp³-hybridized carbons (Fsp3) is 0.200. The molecule has 0 N–H and O–H groups in total. The number of Topliss-reactive ketones (excluding diaryl/α,β-unsaturated/α-hetero) is 1. The second kappa shape index (κ2) is 4.00. The Labute approximate surface area is 80.5 Å². The van der Waals surface area contributed by atoms with Gasteiger partial charge in [0.2, 0.25) is 0 Å². The van der Waals surface area contributed by atoms with Crippen LogP contribution >= 0.6 is 0 Å². The smallest absolute Gasteiger partial charge is 0.162 e. The van der Waals surface area contributed by atoms with Gasteiger partial charge < -0.3 is 4.74 Å². The molecule has 74 valence electrons. The van der Waals surface area contributed by atoms with Crippen molar-refractivity contribution in [2.24, 2.45) is 0 Å². The summed E-state index contributed by atoms with van der Waals surface area (Å²) in [6.45, 7) is 1.25. The zero-order valence-electron chi connectivity index (χ0n) is 7.83. The number of halogens is 1. The number of rotatable bonds is 3. The highest BCUT2D eigenvalue weighted by Gasteiger charge is 2.12. The van der Waals surface area contributed by atoms with Gasteiger partial charge in [-0.2, -0.15) is 0 Å². The first-order valence-electron chi connectivity index (χ1n) is 3.93. The number of ketones is 1. The summed E-state index contributed by atoms with van der Waals surface area (Å²) in [6.07, 6.45) is 0.478. The molecule has 0 saturated carbocycles. The Bertz CT molecular complexity index is 385. The molecule has 0 aliphatic heterocycles. The number of benzene rings is 1. The van der Waals surface area contributed by atoms with E-state index in [0.29, 0.717) is 6.29 Å². The third kappa shape index (κ3) is 1.79. The van der Waals surface area contributed by atoms with Crippen LogP contribution in [0.2, 0.25) is 0 Å². The third-order valence-corrected chi connectivity index (χ3v) is 1.83. The van der Waals surface area contributed by atoms with Crippen molar-refractivity contribution in [2.75, 3.05) is 7.11 Å². The molecule has 3 nitrogen and oxygen atoms in total. The second-order valence-electron chi connectivity index (χ2n) is 2.75. The fourth-order valence-electron chi connectivity index (χ4n) is 1.11. The van der Waals surface area contributed by atoms with Crippen LogP contribution in [0.5, 0.6) is 5.75 Å². The maximum atomic E-state index is 13.2. The van der Waals surface area contributed by atoms with E-state index in [2.05, 4.69) is 0 Å². The van der Waals surface area contributed by atoms with Gasteiger partial charge in [0.15, 0.2) is 12.1 Å². The minimum atomic E-state index is -0.708. The molecule has 0 bridgehead atoms. The van der Waals surface area contributed by atoms with Crippen molar-refractivity contribution >= 4 is 12.1 Å². The van der Waals surface area contributed by atoms with E-state index in [1.807, 2.05) is 0 Å². The largest absolute Gasteiger partial charge is 0.496 e. The summed E-state index contributed by atoms with van der Waals surface area (Å²) in [7, 11) is 1.35. The van der Waals surface area contributed by atoms with Gasteiger partial charge in [-0.25, -0.2) is 4.39 Å². The van der Waals surface area contributed by atoms with Crippen molar-refractivity contribution in [1.82, 2.24) is 0 Å². The van der Waals surface area contributed by atoms with E-state index in [9.17, 15) is 14.0 Å². The van der Waals surface area contributed by atoms with E-state index in [1.54, 1.807) is 0 Å². The quantitative estimate of drug-likeness (QED) is 0.547. The summed E-state index contributed by atoms with van der Waals surface area (Å²) in [5.74, 6) is -0.912. The summed E-state index contributed by atoms with van der Waals surface area (Å²) < 4.78 is 18.0. The zero-order valence-corrected chi connectivity index (χ0v) is 7.83. The molecule has 0 heterocycles. The average Bonchev–Trinajstić information content (AvgIpc) is 2.16. The minimum Gasteiger partial charge on any atom is -0.496 e. The Balaban J connectivity index is 3.37. The van der Waals surface area contributed by atoms with Gasteiger partial charge in [-0.1, -0.05) is 0 Å². The topological polar surface area (TPSA) is 43.4 Å². The van der Waals surface area contributed by atoms with Gasteiger partial charge in [-0.15, -0.1) is 0 Å². The van der Waals surface area contributed by atoms with Crippen molar-refractivity contribution in [3.8, 4) is 5.75 Å². The molecule has 4 heteroatoms. The van der Waals surface area contributed by atoms with E-state index in [1.165, 1.54) is 20.1 Å². The van der Waals surface area contributed by atoms with E-state index >= 15 is 0 Å². The van der Waals surface area contributed by atoms with Crippen molar-refractivity contribution < 1.29 is 18.7 Å².